The predicted octanol–water partition coefficient (Wildman–Crippen LogP) is 3.67. The number of hydrogen-bond acceptors (Lipinski definition) is 2. The SMILES string of the molecule is Nc1ccccc1CCC(=O)N(Cc1ccc(F)cc1F)C1CC1. The molecule has 126 valence electrons. The van der Waals surface area contributed by atoms with Gasteiger partial charge < -0.3 is 10.6 Å². The second-order valence-corrected chi connectivity index (χ2v) is 6.19. The number of benzene rings is 2. The lowest BCUT2D eigenvalue weighted by molar-refractivity contribution is -0.132. The van der Waals surface area contributed by atoms with E-state index < -0.39 is 11.6 Å². The second-order valence-electron chi connectivity index (χ2n) is 6.19. The van der Waals surface area contributed by atoms with Crippen LogP contribution in [0, 0.1) is 11.6 Å². The number of amides is 1. The molecule has 1 aliphatic rings. The fourth-order valence-corrected chi connectivity index (χ4v) is 2.79. The van der Waals surface area contributed by atoms with Gasteiger partial charge in [0.25, 0.3) is 0 Å². The number of carbonyl (C=O) groups is 1. The third-order valence-corrected chi connectivity index (χ3v) is 4.33. The molecule has 3 rings (SSSR count). The van der Waals surface area contributed by atoms with E-state index >= 15 is 0 Å². The van der Waals surface area contributed by atoms with Crippen LogP contribution in [0.4, 0.5) is 14.5 Å². The molecule has 0 atom stereocenters. The predicted molar refractivity (Wildman–Crippen MR) is 89.1 cm³/mol. The molecule has 0 saturated heterocycles. The highest BCUT2D eigenvalue weighted by Crippen LogP contribution is 2.30. The van der Waals surface area contributed by atoms with Crippen LogP contribution in [0.2, 0.25) is 0 Å². The van der Waals surface area contributed by atoms with Gasteiger partial charge in [-0.05, 0) is 37.0 Å². The van der Waals surface area contributed by atoms with Crippen molar-refractivity contribution in [2.24, 2.45) is 0 Å². The highest BCUT2D eigenvalue weighted by Gasteiger charge is 2.32. The number of nitrogens with zero attached hydrogens (tertiary/aromatic N) is 1. The van der Waals surface area contributed by atoms with Gasteiger partial charge in [-0.2, -0.15) is 0 Å². The number of para-hydroxylation sites is 1. The summed E-state index contributed by atoms with van der Waals surface area (Å²) >= 11 is 0. The summed E-state index contributed by atoms with van der Waals surface area (Å²) in [6.45, 7) is 0.180. The lowest BCUT2D eigenvalue weighted by Crippen LogP contribution is -2.33. The number of anilines is 1. The van der Waals surface area contributed by atoms with E-state index in [1.165, 1.54) is 12.1 Å². The van der Waals surface area contributed by atoms with E-state index in [4.69, 9.17) is 5.73 Å². The first kappa shape index (κ1) is 16.4. The van der Waals surface area contributed by atoms with Crippen molar-refractivity contribution in [2.75, 3.05) is 5.73 Å². The number of nitrogens with two attached hydrogens (primary N) is 1. The van der Waals surface area contributed by atoms with Gasteiger partial charge in [-0.25, -0.2) is 8.78 Å². The molecule has 0 heterocycles. The maximum absolute atomic E-state index is 13.9. The highest BCUT2D eigenvalue weighted by molar-refractivity contribution is 5.77. The van der Waals surface area contributed by atoms with Gasteiger partial charge in [0.15, 0.2) is 0 Å². The minimum absolute atomic E-state index is 0.0236. The lowest BCUT2D eigenvalue weighted by atomic mass is 10.1. The number of carbonyl (C=O) groups excluding carboxylic acids is 1. The average molecular weight is 330 g/mol. The molecule has 1 amide bonds. The molecule has 1 fully saturated rings. The zero-order valence-corrected chi connectivity index (χ0v) is 13.3. The Bertz CT molecular complexity index is 744. The summed E-state index contributed by atoms with van der Waals surface area (Å²) in [5.74, 6) is -1.25. The van der Waals surface area contributed by atoms with Crippen molar-refractivity contribution < 1.29 is 13.6 Å². The van der Waals surface area contributed by atoms with Crippen LogP contribution in [0.3, 0.4) is 0 Å². The van der Waals surface area contributed by atoms with Gasteiger partial charge in [0.05, 0.1) is 0 Å². The largest absolute Gasteiger partial charge is 0.399 e. The molecule has 2 N–H and O–H groups in total. The summed E-state index contributed by atoms with van der Waals surface area (Å²) in [6.07, 6.45) is 2.75. The molecule has 2 aromatic carbocycles. The smallest absolute Gasteiger partial charge is 0.223 e. The Balaban J connectivity index is 1.67. The second kappa shape index (κ2) is 6.99. The Labute approximate surface area is 140 Å². The molecule has 24 heavy (non-hydrogen) atoms. The summed E-state index contributed by atoms with van der Waals surface area (Å²) in [5, 5.41) is 0. The number of nitrogen functional groups attached to an aromatic ring is 1. The van der Waals surface area contributed by atoms with Crippen molar-refractivity contribution >= 4 is 11.6 Å². The first-order valence-electron chi connectivity index (χ1n) is 8.11. The fourth-order valence-electron chi connectivity index (χ4n) is 2.79. The molecule has 3 nitrogen and oxygen atoms in total. The van der Waals surface area contributed by atoms with E-state index in [1.54, 1.807) is 4.90 Å². The molecule has 1 saturated carbocycles. The van der Waals surface area contributed by atoms with Crippen molar-refractivity contribution in [3.8, 4) is 0 Å². The van der Waals surface area contributed by atoms with Crippen molar-refractivity contribution in [1.82, 2.24) is 4.90 Å². The van der Waals surface area contributed by atoms with E-state index in [0.29, 0.717) is 24.1 Å². The number of rotatable bonds is 6. The number of halogens is 2. The number of aryl methyl sites for hydroxylation is 1. The molecule has 1 aliphatic carbocycles. The Morgan fingerprint density at radius 2 is 1.88 bits per heavy atom. The normalized spacial score (nSPS) is 13.8. The molecule has 0 aromatic heterocycles. The van der Waals surface area contributed by atoms with Gasteiger partial charge in [0, 0.05) is 36.3 Å². The van der Waals surface area contributed by atoms with E-state index in [9.17, 15) is 13.6 Å². The highest BCUT2D eigenvalue weighted by atomic mass is 19.1. The van der Waals surface area contributed by atoms with Crippen LogP contribution in [0.1, 0.15) is 30.4 Å². The van der Waals surface area contributed by atoms with Crippen LogP contribution in [0.25, 0.3) is 0 Å². The topological polar surface area (TPSA) is 46.3 Å². The summed E-state index contributed by atoms with van der Waals surface area (Å²) in [7, 11) is 0. The standard InChI is InChI=1S/C19H20F2N2O/c20-15-7-5-14(17(21)11-15)12-23(16-8-9-16)19(24)10-6-13-3-1-2-4-18(13)22/h1-5,7,11,16H,6,8-10,12,22H2. The fraction of sp³-hybridized carbons (Fsp3) is 0.316. The van der Waals surface area contributed by atoms with Crippen molar-refractivity contribution in [1.29, 1.82) is 0 Å². The Morgan fingerprint density at radius 3 is 2.54 bits per heavy atom. The zero-order valence-electron chi connectivity index (χ0n) is 13.3. The van der Waals surface area contributed by atoms with Gasteiger partial charge in [0.1, 0.15) is 11.6 Å². The molecular formula is C19H20F2N2O. The molecule has 5 heteroatoms. The molecular weight excluding hydrogens is 310 g/mol. The van der Waals surface area contributed by atoms with E-state index in [0.717, 1.165) is 24.5 Å². The van der Waals surface area contributed by atoms with Crippen LogP contribution < -0.4 is 5.73 Å². The van der Waals surface area contributed by atoms with Crippen LogP contribution >= 0.6 is 0 Å². The van der Waals surface area contributed by atoms with Gasteiger partial charge >= 0.3 is 0 Å². The molecule has 0 unspecified atom stereocenters. The zero-order chi connectivity index (χ0) is 17.1. The summed E-state index contributed by atoms with van der Waals surface area (Å²) in [6, 6.07) is 11.1. The molecule has 2 aromatic rings. The summed E-state index contributed by atoms with van der Waals surface area (Å²) < 4.78 is 26.9. The van der Waals surface area contributed by atoms with Crippen molar-refractivity contribution in [2.45, 2.75) is 38.3 Å². The maximum Gasteiger partial charge on any atom is 0.223 e. The Kier molecular flexibility index (Phi) is 4.79. The summed E-state index contributed by atoms with van der Waals surface area (Å²) in [4.78, 5) is 14.3. The third kappa shape index (κ3) is 3.91. The third-order valence-electron chi connectivity index (χ3n) is 4.33. The van der Waals surface area contributed by atoms with Gasteiger partial charge in [-0.15, -0.1) is 0 Å². The quantitative estimate of drug-likeness (QED) is 0.822. The monoisotopic (exact) mass is 330 g/mol. The Morgan fingerprint density at radius 1 is 1.12 bits per heavy atom. The first-order chi connectivity index (χ1) is 11.5. The van der Waals surface area contributed by atoms with Crippen LogP contribution in [0.5, 0.6) is 0 Å². The maximum atomic E-state index is 13.9. The van der Waals surface area contributed by atoms with E-state index in [-0.39, 0.29) is 18.5 Å². The van der Waals surface area contributed by atoms with Gasteiger partial charge in [-0.3, -0.25) is 4.79 Å². The lowest BCUT2D eigenvalue weighted by Gasteiger charge is -2.23. The Hall–Kier alpha value is -2.43. The average Bonchev–Trinajstić information content (AvgIpc) is 3.38. The minimum Gasteiger partial charge on any atom is -0.399 e. The summed E-state index contributed by atoms with van der Waals surface area (Å²) in [5.41, 5.74) is 7.86. The minimum atomic E-state index is -0.611. The molecule has 0 bridgehead atoms. The van der Waals surface area contributed by atoms with Crippen LogP contribution in [-0.2, 0) is 17.8 Å². The van der Waals surface area contributed by atoms with Crippen LogP contribution in [-0.4, -0.2) is 16.8 Å². The van der Waals surface area contributed by atoms with E-state index in [2.05, 4.69) is 0 Å². The van der Waals surface area contributed by atoms with E-state index in [1.807, 2.05) is 24.3 Å². The number of hydrogen-bond donors (Lipinski definition) is 1. The molecule has 0 aliphatic heterocycles. The van der Waals surface area contributed by atoms with Crippen molar-refractivity contribution in [3.05, 3.63) is 65.2 Å². The first-order valence-corrected chi connectivity index (χ1v) is 8.11. The van der Waals surface area contributed by atoms with Crippen LogP contribution in [0.15, 0.2) is 42.5 Å². The molecule has 0 radical (unpaired) electrons. The van der Waals surface area contributed by atoms with Gasteiger partial charge in [0.2, 0.25) is 5.91 Å². The molecule has 0 spiro atoms. The van der Waals surface area contributed by atoms with Crippen molar-refractivity contribution in [3.63, 3.8) is 0 Å². The van der Waals surface area contributed by atoms with Gasteiger partial charge in [-0.1, -0.05) is 24.3 Å².